The van der Waals surface area contributed by atoms with Crippen LogP contribution in [0, 0.1) is 0 Å². The van der Waals surface area contributed by atoms with Gasteiger partial charge >= 0.3 is 12.1 Å². The zero-order chi connectivity index (χ0) is 68.9. The SMILES string of the molecule is CC(=O)N(CCCOCCOCCOCCCNc1c(NCCCOCCOCCOCCCNC(=O)CCC(NC(=O)c2ccc(NCc3cnc4nc(N)[nH]c(=O)c4n3)cc2)C(=O)O)c(=O)c1=O)CC(=O)NCCCOCCOCCOCCCNC(=O)OC(C)(C)C. The molecule has 33 nitrogen and oxygen atoms in total. The molecule has 33 heteroatoms. The fourth-order valence-corrected chi connectivity index (χ4v) is 8.40. The van der Waals surface area contributed by atoms with E-state index < -0.39 is 46.0 Å². The van der Waals surface area contributed by atoms with E-state index in [0.717, 1.165) is 0 Å². The molecule has 0 radical (unpaired) electrons. The molecule has 0 aliphatic carbocycles. The zero-order valence-electron chi connectivity index (χ0n) is 55.1. The number of benzene rings is 1. The number of ether oxygens (including phenoxy) is 10. The van der Waals surface area contributed by atoms with Crippen LogP contribution in [0.3, 0.4) is 0 Å². The molecule has 95 heavy (non-hydrogen) atoms. The van der Waals surface area contributed by atoms with Crippen LogP contribution in [0.15, 0.2) is 44.8 Å². The first-order valence-electron chi connectivity index (χ1n) is 32.0. The number of amides is 5. The van der Waals surface area contributed by atoms with Gasteiger partial charge in [0.15, 0.2) is 11.2 Å². The van der Waals surface area contributed by atoms with E-state index in [0.29, 0.717) is 208 Å². The maximum atomic E-state index is 12.9. The van der Waals surface area contributed by atoms with Gasteiger partial charge in [-0.1, -0.05) is 0 Å². The number of carbonyl (C=O) groups excluding carboxylic acids is 5. The van der Waals surface area contributed by atoms with Crippen LogP contribution in [-0.4, -0.2) is 242 Å². The van der Waals surface area contributed by atoms with Gasteiger partial charge in [0.1, 0.15) is 23.0 Å². The third-order valence-electron chi connectivity index (χ3n) is 13.3. The summed E-state index contributed by atoms with van der Waals surface area (Å²) in [4.78, 5) is 126. The predicted octanol–water partition coefficient (Wildman–Crippen LogP) is 1.09. The number of carboxylic acid groups (broad SMARTS) is 1. The number of alkyl carbamates (subject to hydrolysis) is 1. The second-order valence-corrected chi connectivity index (χ2v) is 22.3. The van der Waals surface area contributed by atoms with E-state index in [9.17, 15) is 48.3 Å². The van der Waals surface area contributed by atoms with Crippen molar-refractivity contribution in [1.29, 1.82) is 0 Å². The lowest BCUT2D eigenvalue weighted by atomic mass is 10.1. The molecule has 1 atom stereocenters. The number of rotatable bonds is 55. The van der Waals surface area contributed by atoms with Crippen molar-refractivity contribution in [3.8, 4) is 0 Å². The van der Waals surface area contributed by atoms with Gasteiger partial charge in [-0.15, -0.1) is 0 Å². The number of nitrogen functional groups attached to an aromatic ring is 1. The topological polar surface area (TPSA) is 434 Å². The number of carbonyl (C=O) groups is 6. The van der Waals surface area contributed by atoms with Gasteiger partial charge in [-0.3, -0.25) is 38.5 Å². The van der Waals surface area contributed by atoms with Crippen LogP contribution in [-0.2, 0) is 73.1 Å². The number of aromatic nitrogens is 4. The highest BCUT2D eigenvalue weighted by molar-refractivity contribution is 5.97. The lowest BCUT2D eigenvalue weighted by Crippen LogP contribution is -2.41. The van der Waals surface area contributed by atoms with Crippen molar-refractivity contribution in [3.05, 3.63) is 72.5 Å². The highest BCUT2D eigenvalue weighted by atomic mass is 16.6. The normalized spacial score (nSPS) is 11.7. The van der Waals surface area contributed by atoms with Crippen LogP contribution in [0.2, 0.25) is 0 Å². The lowest BCUT2D eigenvalue weighted by molar-refractivity contribution is -0.139. The van der Waals surface area contributed by atoms with Crippen molar-refractivity contribution in [2.45, 2.75) is 97.2 Å². The molecule has 1 unspecified atom stereocenters. The highest BCUT2D eigenvalue weighted by Gasteiger charge is 2.23. The molecular weight excluding hydrogens is 1250 g/mol. The number of aromatic amines is 1. The average Bonchev–Trinajstić information content (AvgIpc) is 0.797. The highest BCUT2D eigenvalue weighted by Crippen LogP contribution is 2.15. The predicted molar refractivity (Wildman–Crippen MR) is 350 cm³/mol. The average molecular weight is 1340 g/mol. The second-order valence-electron chi connectivity index (χ2n) is 22.3. The van der Waals surface area contributed by atoms with E-state index in [4.69, 9.17) is 53.1 Å². The molecule has 530 valence electrons. The third-order valence-corrected chi connectivity index (χ3v) is 13.3. The van der Waals surface area contributed by atoms with E-state index in [-0.39, 0.29) is 77.7 Å². The molecule has 0 fully saturated rings. The Morgan fingerprint density at radius 1 is 0.589 bits per heavy atom. The van der Waals surface area contributed by atoms with E-state index in [1.807, 2.05) is 20.8 Å². The summed E-state index contributed by atoms with van der Waals surface area (Å²) < 4.78 is 55.2. The number of hydrogen-bond acceptors (Lipinski definition) is 26. The number of hydrogen-bond donors (Lipinski definition) is 10. The second kappa shape index (κ2) is 47.0. The monoisotopic (exact) mass is 1340 g/mol. The number of nitrogens with two attached hydrogens (primary N) is 1. The molecule has 0 aliphatic heterocycles. The molecule has 0 aliphatic rings. The quantitative estimate of drug-likeness (QED) is 0.0218. The van der Waals surface area contributed by atoms with Crippen LogP contribution in [0.25, 0.3) is 11.2 Å². The van der Waals surface area contributed by atoms with Crippen LogP contribution >= 0.6 is 0 Å². The first kappa shape index (κ1) is 79.4. The van der Waals surface area contributed by atoms with Crippen LogP contribution < -0.4 is 59.4 Å². The number of fused-ring (bicyclic) bond motifs is 1. The molecule has 0 saturated heterocycles. The van der Waals surface area contributed by atoms with Crippen molar-refractivity contribution >= 4 is 69.9 Å². The summed E-state index contributed by atoms with van der Waals surface area (Å²) in [5, 5.41) is 29.5. The standard InChI is InChI=1S/C62H97N13O20/c1-44(76)75(43-50(78)65-18-6-24-87-30-36-93-39-33-90-27-9-21-68-61(85)95-62(2,3)4)22-10-28-91-34-40-94-38-32-89-26-8-20-67-52-51(54(79)55(52)80)66-19-7-25-88-31-37-92-35-29-86-23-5-17-64-49(77)16-15-48(59(83)84)72-57(81)45-11-13-46(14-12-45)69-41-47-42-70-56-53(71-47)58(82)74-60(63)73-56/h11-14,42,48,66-67,69H,5-10,15-41,43H2,1-4H3,(H,64,77)(H,65,78)(H,68,85)(H,72,81)(H,83,84)(H3,63,70,73,74,82). The molecule has 11 N–H and O–H groups in total. The summed E-state index contributed by atoms with van der Waals surface area (Å²) >= 11 is 0. The molecule has 5 amide bonds. The van der Waals surface area contributed by atoms with Crippen molar-refractivity contribution < 1.29 is 81.2 Å². The maximum absolute atomic E-state index is 12.9. The summed E-state index contributed by atoms with van der Waals surface area (Å²) in [5.74, 6) is -2.80. The smallest absolute Gasteiger partial charge is 0.407 e. The molecule has 0 bridgehead atoms. The Morgan fingerprint density at radius 3 is 1.52 bits per heavy atom. The van der Waals surface area contributed by atoms with E-state index in [1.54, 1.807) is 12.1 Å². The van der Waals surface area contributed by atoms with Crippen LogP contribution in [0.4, 0.5) is 27.8 Å². The molecule has 2 aromatic carbocycles. The van der Waals surface area contributed by atoms with Gasteiger partial charge in [0.2, 0.25) is 23.7 Å². The Morgan fingerprint density at radius 2 is 1.04 bits per heavy atom. The zero-order valence-corrected chi connectivity index (χ0v) is 55.1. The van der Waals surface area contributed by atoms with Crippen molar-refractivity contribution in [2.75, 3.05) is 186 Å². The van der Waals surface area contributed by atoms with Gasteiger partial charge in [0.25, 0.3) is 22.3 Å². The van der Waals surface area contributed by atoms with E-state index in [1.165, 1.54) is 30.2 Å². The summed E-state index contributed by atoms with van der Waals surface area (Å²) in [6, 6.07) is 4.97. The Balaban J connectivity index is 0.866. The van der Waals surface area contributed by atoms with Crippen LogP contribution in [0.1, 0.15) is 95.1 Å². The number of nitrogens with one attached hydrogen (secondary N) is 8. The molecule has 2 aromatic heterocycles. The number of aliphatic carboxylic acids is 1. The summed E-state index contributed by atoms with van der Waals surface area (Å²) in [7, 11) is 0. The number of anilines is 4. The summed E-state index contributed by atoms with van der Waals surface area (Å²) in [6.07, 6.45) is 4.27. The fraction of sp³-hybridized carbons (Fsp3) is 0.645. The fourth-order valence-electron chi connectivity index (χ4n) is 8.40. The van der Waals surface area contributed by atoms with E-state index in [2.05, 4.69) is 57.2 Å². The minimum atomic E-state index is -1.30. The Labute approximate surface area is 551 Å². The maximum Gasteiger partial charge on any atom is 0.407 e. The minimum absolute atomic E-state index is 0.0416. The summed E-state index contributed by atoms with van der Waals surface area (Å²) in [5.41, 5.74) is 5.32. The lowest BCUT2D eigenvalue weighted by Gasteiger charge is -2.20. The molecular formula is C62H97N13O20. The van der Waals surface area contributed by atoms with Gasteiger partial charge in [-0.2, -0.15) is 4.98 Å². The Kier molecular flexibility index (Phi) is 39.3. The summed E-state index contributed by atoms with van der Waals surface area (Å²) in [6.45, 7) is 16.4. The molecule has 4 aromatic rings. The number of nitrogens with zero attached hydrogens (tertiary/aromatic N) is 4. The Bertz CT molecular complexity index is 3030. The largest absolute Gasteiger partial charge is 0.480 e. The van der Waals surface area contributed by atoms with Gasteiger partial charge in [0, 0.05) is 104 Å². The van der Waals surface area contributed by atoms with Gasteiger partial charge in [-0.25, -0.2) is 19.6 Å². The van der Waals surface area contributed by atoms with Gasteiger partial charge < -0.3 is 100 Å². The first-order valence-corrected chi connectivity index (χ1v) is 32.0. The molecule has 4 rings (SSSR count). The van der Waals surface area contributed by atoms with Gasteiger partial charge in [0.05, 0.1) is 104 Å². The van der Waals surface area contributed by atoms with Crippen molar-refractivity contribution in [2.24, 2.45) is 0 Å². The minimum Gasteiger partial charge on any atom is -0.480 e. The Hall–Kier alpha value is -8.02. The number of H-pyrrole nitrogens is 1. The van der Waals surface area contributed by atoms with E-state index >= 15 is 0 Å². The van der Waals surface area contributed by atoms with Crippen LogP contribution in [0.5, 0.6) is 0 Å². The van der Waals surface area contributed by atoms with Crippen molar-refractivity contribution in [3.63, 3.8) is 0 Å². The molecule has 2 heterocycles. The first-order chi connectivity index (χ1) is 45.8. The van der Waals surface area contributed by atoms with Gasteiger partial charge in [-0.05, 0) is 90.0 Å². The molecule has 0 saturated carbocycles. The number of carboxylic acids is 1. The van der Waals surface area contributed by atoms with Crippen molar-refractivity contribution in [1.82, 2.24) is 46.1 Å². The molecule has 0 spiro atoms. The third kappa shape index (κ3) is 35.3.